The molecule has 16 heavy (non-hydrogen) atoms. The van der Waals surface area contributed by atoms with E-state index in [2.05, 4.69) is 47.8 Å². The smallest absolute Gasteiger partial charge is 0.0409 e. The lowest BCUT2D eigenvalue weighted by molar-refractivity contribution is 0.235. The van der Waals surface area contributed by atoms with Crippen molar-refractivity contribution in [1.82, 2.24) is 4.90 Å². The molecule has 0 saturated carbocycles. The quantitative estimate of drug-likeness (QED) is 0.730. The van der Waals surface area contributed by atoms with Crippen LogP contribution >= 0.6 is 27.5 Å². The van der Waals surface area contributed by atoms with Crippen LogP contribution in [0.15, 0.2) is 24.3 Å². The van der Waals surface area contributed by atoms with E-state index in [0.717, 1.165) is 16.9 Å². The average Bonchev–Trinajstić information content (AvgIpc) is 2.27. The van der Waals surface area contributed by atoms with E-state index in [-0.39, 0.29) is 0 Å². The van der Waals surface area contributed by atoms with Gasteiger partial charge < -0.3 is 0 Å². The van der Waals surface area contributed by atoms with Crippen LogP contribution < -0.4 is 0 Å². The monoisotopic (exact) mass is 303 g/mol. The Morgan fingerprint density at radius 3 is 2.62 bits per heavy atom. The van der Waals surface area contributed by atoms with Crippen molar-refractivity contribution in [2.45, 2.75) is 19.9 Å². The first-order chi connectivity index (χ1) is 7.54. The first kappa shape index (κ1) is 14.0. The first-order valence-electron chi connectivity index (χ1n) is 5.56. The largest absolute Gasteiger partial charge is 0.299 e. The number of hydrogen-bond acceptors (Lipinski definition) is 1. The van der Waals surface area contributed by atoms with Crippen molar-refractivity contribution < 1.29 is 0 Å². The molecule has 1 nitrogen and oxygen atoms in total. The zero-order valence-electron chi connectivity index (χ0n) is 10.1. The van der Waals surface area contributed by atoms with Gasteiger partial charge in [0.15, 0.2) is 0 Å². The molecule has 0 radical (unpaired) electrons. The lowest BCUT2D eigenvalue weighted by Gasteiger charge is -2.27. The molecule has 90 valence electrons. The van der Waals surface area contributed by atoms with Gasteiger partial charge in [0.2, 0.25) is 0 Å². The molecule has 1 rings (SSSR count). The minimum atomic E-state index is 0.403. The van der Waals surface area contributed by atoms with Crippen molar-refractivity contribution in [3.05, 3.63) is 34.9 Å². The molecule has 0 N–H and O–H groups in total. The highest BCUT2D eigenvalue weighted by atomic mass is 79.9. The molecule has 0 aliphatic carbocycles. The van der Waals surface area contributed by atoms with Gasteiger partial charge in [-0.15, -0.1) is 0 Å². The van der Waals surface area contributed by atoms with Crippen LogP contribution in [0.1, 0.15) is 25.5 Å². The zero-order chi connectivity index (χ0) is 12.1. The van der Waals surface area contributed by atoms with E-state index in [0.29, 0.717) is 12.0 Å². The van der Waals surface area contributed by atoms with Crippen molar-refractivity contribution >= 4 is 27.5 Å². The van der Waals surface area contributed by atoms with Crippen LogP contribution in [0.2, 0.25) is 5.02 Å². The van der Waals surface area contributed by atoms with Crippen LogP contribution in [0.3, 0.4) is 0 Å². The van der Waals surface area contributed by atoms with Gasteiger partial charge in [-0.1, -0.05) is 46.6 Å². The third kappa shape index (κ3) is 4.08. The summed E-state index contributed by atoms with van der Waals surface area (Å²) in [7, 11) is 2.16. The van der Waals surface area contributed by atoms with Crippen molar-refractivity contribution in [3.8, 4) is 0 Å². The van der Waals surface area contributed by atoms with Crippen LogP contribution in [0.25, 0.3) is 0 Å². The molecule has 1 aromatic rings. The van der Waals surface area contributed by atoms with Crippen molar-refractivity contribution in [2.24, 2.45) is 5.92 Å². The molecule has 0 aliphatic rings. The minimum Gasteiger partial charge on any atom is -0.299 e. The zero-order valence-corrected chi connectivity index (χ0v) is 12.4. The molecule has 2 unspecified atom stereocenters. The number of benzene rings is 1. The second-order valence-electron chi connectivity index (χ2n) is 4.43. The minimum absolute atomic E-state index is 0.403. The lowest BCUT2D eigenvalue weighted by Crippen LogP contribution is -2.28. The number of hydrogen-bond donors (Lipinski definition) is 0. The van der Waals surface area contributed by atoms with Gasteiger partial charge in [-0.2, -0.15) is 0 Å². The van der Waals surface area contributed by atoms with Crippen molar-refractivity contribution in [2.75, 3.05) is 18.9 Å². The molecule has 0 bridgehead atoms. The molecule has 0 aromatic heterocycles. The summed E-state index contributed by atoms with van der Waals surface area (Å²) in [6, 6.07) is 8.50. The molecule has 2 atom stereocenters. The summed E-state index contributed by atoms with van der Waals surface area (Å²) in [6.45, 7) is 5.54. The van der Waals surface area contributed by atoms with Crippen LogP contribution in [-0.4, -0.2) is 23.8 Å². The number of nitrogens with zero attached hydrogens (tertiary/aromatic N) is 1. The summed E-state index contributed by atoms with van der Waals surface area (Å²) < 4.78 is 0. The van der Waals surface area contributed by atoms with Gasteiger partial charge in [0.25, 0.3) is 0 Å². The standard InChI is InChI=1S/C13H19BrClN/c1-10(8-14)9-16(3)11(2)12-5-4-6-13(15)7-12/h4-7,10-11H,8-9H2,1-3H3. The van der Waals surface area contributed by atoms with E-state index in [1.807, 2.05) is 18.2 Å². The molecule has 0 saturated heterocycles. The summed E-state index contributed by atoms with van der Waals surface area (Å²) in [4.78, 5) is 2.36. The van der Waals surface area contributed by atoms with Crippen LogP contribution in [-0.2, 0) is 0 Å². The summed E-state index contributed by atoms with van der Waals surface area (Å²) in [5, 5.41) is 1.85. The Morgan fingerprint density at radius 2 is 2.06 bits per heavy atom. The highest BCUT2D eigenvalue weighted by molar-refractivity contribution is 9.09. The number of rotatable bonds is 5. The first-order valence-corrected chi connectivity index (χ1v) is 7.06. The van der Waals surface area contributed by atoms with Crippen molar-refractivity contribution in [3.63, 3.8) is 0 Å². The number of alkyl halides is 1. The van der Waals surface area contributed by atoms with Gasteiger partial charge in [0.1, 0.15) is 0 Å². The Hall–Kier alpha value is -0.0500. The molecule has 0 spiro atoms. The molecule has 0 fully saturated rings. The molecule has 0 heterocycles. The SMILES string of the molecule is CC(CBr)CN(C)C(C)c1cccc(Cl)c1. The summed E-state index contributed by atoms with van der Waals surface area (Å²) >= 11 is 9.51. The van der Waals surface area contributed by atoms with Crippen LogP contribution in [0, 0.1) is 5.92 Å². The van der Waals surface area contributed by atoms with Gasteiger partial charge in [-0.25, -0.2) is 0 Å². The topological polar surface area (TPSA) is 3.24 Å². The lowest BCUT2D eigenvalue weighted by atomic mass is 10.1. The molecule has 0 amide bonds. The van der Waals surface area contributed by atoms with Crippen LogP contribution in [0.5, 0.6) is 0 Å². The van der Waals surface area contributed by atoms with Gasteiger partial charge >= 0.3 is 0 Å². The summed E-state index contributed by atoms with van der Waals surface area (Å²) in [5.41, 5.74) is 1.27. The van der Waals surface area contributed by atoms with Gasteiger partial charge in [-0.3, -0.25) is 4.90 Å². The van der Waals surface area contributed by atoms with E-state index in [9.17, 15) is 0 Å². The predicted octanol–water partition coefficient (Wildman–Crippen LogP) is 4.36. The maximum atomic E-state index is 6.00. The Labute approximate surface area is 112 Å². The van der Waals surface area contributed by atoms with E-state index in [1.54, 1.807) is 0 Å². The Balaban J connectivity index is 2.66. The Morgan fingerprint density at radius 1 is 1.38 bits per heavy atom. The summed E-state index contributed by atoms with van der Waals surface area (Å²) in [5.74, 6) is 0.659. The van der Waals surface area contributed by atoms with Gasteiger partial charge in [0, 0.05) is 22.9 Å². The molecule has 0 aliphatic heterocycles. The third-order valence-electron chi connectivity index (χ3n) is 2.86. The molecule has 1 aromatic carbocycles. The highest BCUT2D eigenvalue weighted by Crippen LogP contribution is 2.22. The third-order valence-corrected chi connectivity index (χ3v) is 4.20. The van der Waals surface area contributed by atoms with Gasteiger partial charge in [0.05, 0.1) is 0 Å². The average molecular weight is 305 g/mol. The second-order valence-corrected chi connectivity index (χ2v) is 5.51. The maximum absolute atomic E-state index is 6.00. The highest BCUT2D eigenvalue weighted by Gasteiger charge is 2.13. The fourth-order valence-electron chi connectivity index (χ4n) is 1.72. The van der Waals surface area contributed by atoms with E-state index in [4.69, 9.17) is 11.6 Å². The van der Waals surface area contributed by atoms with E-state index < -0.39 is 0 Å². The number of halogens is 2. The fraction of sp³-hybridized carbons (Fsp3) is 0.538. The van der Waals surface area contributed by atoms with Crippen LogP contribution in [0.4, 0.5) is 0 Å². The normalized spacial score (nSPS) is 15.1. The van der Waals surface area contributed by atoms with Gasteiger partial charge in [-0.05, 0) is 37.6 Å². The molecular weight excluding hydrogens is 286 g/mol. The molecular formula is C13H19BrClN. The van der Waals surface area contributed by atoms with Crippen molar-refractivity contribution in [1.29, 1.82) is 0 Å². The Bertz CT molecular complexity index is 329. The Kier molecular flexibility index (Phi) is 5.81. The maximum Gasteiger partial charge on any atom is 0.0409 e. The molecule has 3 heteroatoms. The van der Waals surface area contributed by atoms with E-state index in [1.165, 1.54) is 5.56 Å². The second kappa shape index (κ2) is 6.63. The fourth-order valence-corrected chi connectivity index (χ4v) is 2.12. The van der Waals surface area contributed by atoms with E-state index >= 15 is 0 Å². The summed E-state index contributed by atoms with van der Waals surface area (Å²) in [6.07, 6.45) is 0. The predicted molar refractivity (Wildman–Crippen MR) is 75.5 cm³/mol.